The smallest absolute Gasteiger partial charge is 0.429 e. The van der Waals surface area contributed by atoms with Crippen LogP contribution in [-0.2, 0) is 12.5 Å². The summed E-state index contributed by atoms with van der Waals surface area (Å²) in [7, 11) is 0. The van der Waals surface area contributed by atoms with Gasteiger partial charge in [-0.05, 0) is 54.8 Å². The highest BCUT2D eigenvalue weighted by Gasteiger charge is 2.41. The molecule has 0 radical (unpaired) electrons. The van der Waals surface area contributed by atoms with Crippen molar-refractivity contribution < 1.29 is 53.0 Å². The number of hydrogen-bond acceptors (Lipinski definition) is 1. The second-order valence-electron chi connectivity index (χ2n) is 9.21. The second-order valence-corrected chi connectivity index (χ2v) is 9.21. The molecular formula is C33H15F11O. The largest absolute Gasteiger partial charge is 0.432 e. The zero-order chi connectivity index (χ0) is 33.1. The third-order valence-corrected chi connectivity index (χ3v) is 5.98. The number of benzene rings is 4. The van der Waals surface area contributed by atoms with E-state index in [0.29, 0.717) is 30.5 Å². The lowest BCUT2D eigenvalue weighted by atomic mass is 10.0. The number of halogens is 11. The van der Waals surface area contributed by atoms with Crippen molar-refractivity contribution in [2.75, 3.05) is 0 Å². The summed E-state index contributed by atoms with van der Waals surface area (Å²) < 4.78 is 160. The molecule has 230 valence electrons. The molecule has 0 amide bonds. The molecule has 0 saturated carbocycles. The maximum Gasteiger partial charge on any atom is 0.432 e. The lowest BCUT2D eigenvalue weighted by Crippen LogP contribution is -2.25. The van der Waals surface area contributed by atoms with Crippen molar-refractivity contribution in [3.8, 4) is 29.4 Å². The summed E-state index contributed by atoms with van der Waals surface area (Å²) in [5, 5.41) is 0. The summed E-state index contributed by atoms with van der Waals surface area (Å²) in [6.45, 7) is 3.52. The minimum atomic E-state index is -4.86. The van der Waals surface area contributed by atoms with Crippen molar-refractivity contribution in [2.45, 2.75) is 19.0 Å². The first-order valence-electron chi connectivity index (χ1n) is 12.5. The average Bonchev–Trinajstić information content (AvgIpc) is 2.93. The van der Waals surface area contributed by atoms with Gasteiger partial charge in [-0.3, -0.25) is 0 Å². The molecule has 0 heterocycles. The molecule has 0 bridgehead atoms. The third kappa shape index (κ3) is 7.47. The van der Waals surface area contributed by atoms with Gasteiger partial charge in [-0.2, -0.15) is 8.78 Å². The Morgan fingerprint density at radius 3 is 1.44 bits per heavy atom. The maximum atomic E-state index is 14.6. The van der Waals surface area contributed by atoms with Crippen molar-refractivity contribution in [1.29, 1.82) is 0 Å². The summed E-state index contributed by atoms with van der Waals surface area (Å²) in [5.74, 6) is -7.22. The van der Waals surface area contributed by atoms with Crippen LogP contribution in [0.1, 0.15) is 39.8 Å². The first kappa shape index (κ1) is 32.7. The fourth-order valence-electron chi connectivity index (χ4n) is 3.91. The number of allylic oxidation sites excluding steroid dienone is 1. The lowest BCUT2D eigenvalue weighted by molar-refractivity contribution is -0.189. The van der Waals surface area contributed by atoms with Gasteiger partial charge in [0.15, 0.2) is 17.5 Å². The SMILES string of the molecule is C=CCCc1cc(F)c(C#Cc2cc(F)c(C#Cc3cc(F)c(C(F)(F)Oc4cc(F)c(F)c(F)c4)c(F)c3)c(F)c2)c(F)c1. The van der Waals surface area contributed by atoms with Gasteiger partial charge >= 0.3 is 6.11 Å². The van der Waals surface area contributed by atoms with Crippen LogP contribution in [-0.4, -0.2) is 0 Å². The maximum absolute atomic E-state index is 14.6. The number of hydrogen-bond donors (Lipinski definition) is 0. The molecule has 12 heteroatoms. The summed E-state index contributed by atoms with van der Waals surface area (Å²) >= 11 is 0. The molecule has 0 N–H and O–H groups in total. The van der Waals surface area contributed by atoms with Crippen LogP contribution in [0.2, 0.25) is 0 Å². The van der Waals surface area contributed by atoms with Crippen LogP contribution in [0.15, 0.2) is 61.2 Å². The Morgan fingerprint density at radius 1 is 0.578 bits per heavy atom. The fraction of sp³-hybridized carbons (Fsp3) is 0.0909. The molecule has 0 unspecified atom stereocenters. The zero-order valence-electron chi connectivity index (χ0n) is 22.4. The van der Waals surface area contributed by atoms with E-state index in [2.05, 4.69) is 23.2 Å². The molecule has 0 aromatic heterocycles. The number of ether oxygens (including phenoxy) is 1. The highest BCUT2D eigenvalue weighted by Crippen LogP contribution is 2.36. The molecule has 45 heavy (non-hydrogen) atoms. The molecule has 1 nitrogen and oxygen atoms in total. The second kappa shape index (κ2) is 13.2. The van der Waals surface area contributed by atoms with E-state index in [0.717, 1.165) is 12.1 Å². The molecule has 4 aromatic carbocycles. The predicted molar refractivity (Wildman–Crippen MR) is 140 cm³/mol. The van der Waals surface area contributed by atoms with Crippen molar-refractivity contribution in [2.24, 2.45) is 0 Å². The van der Waals surface area contributed by atoms with Crippen LogP contribution in [0.25, 0.3) is 0 Å². The Labute approximate surface area is 248 Å². The molecule has 0 aliphatic rings. The number of aryl methyl sites for hydroxylation is 1. The van der Waals surface area contributed by atoms with E-state index in [-0.39, 0.29) is 29.8 Å². The van der Waals surface area contributed by atoms with Gasteiger partial charge in [0, 0.05) is 23.3 Å². The first-order valence-corrected chi connectivity index (χ1v) is 12.5. The van der Waals surface area contributed by atoms with E-state index < -0.39 is 86.5 Å². The van der Waals surface area contributed by atoms with Gasteiger partial charge in [0.25, 0.3) is 0 Å². The van der Waals surface area contributed by atoms with Gasteiger partial charge in [-0.15, -0.1) is 6.58 Å². The highest BCUT2D eigenvalue weighted by atomic mass is 19.3. The minimum Gasteiger partial charge on any atom is -0.429 e. The van der Waals surface area contributed by atoms with Gasteiger partial charge in [0.1, 0.15) is 46.2 Å². The Hall–Kier alpha value is -5.23. The van der Waals surface area contributed by atoms with E-state index in [9.17, 15) is 48.3 Å². The molecule has 4 aromatic rings. The number of alkyl halides is 2. The van der Waals surface area contributed by atoms with Crippen LogP contribution in [0.4, 0.5) is 48.3 Å². The quantitative estimate of drug-likeness (QED) is 0.0889. The predicted octanol–water partition coefficient (Wildman–Crippen LogP) is 8.98. The van der Waals surface area contributed by atoms with Gasteiger partial charge in [-0.1, -0.05) is 29.8 Å². The summed E-state index contributed by atoms with van der Waals surface area (Å²) in [4.78, 5) is 0. The van der Waals surface area contributed by atoms with E-state index in [1.165, 1.54) is 0 Å². The standard InChI is InChI=1S/C33H15F11O/c1-2-3-4-17-9-23(34)21(24(35)10-17)7-5-18-11-25(36)22(26(37)12-18)8-6-19-13-27(38)31(28(39)14-19)33(43,44)45-20-15-29(40)32(42)30(41)16-20/h2,9-16H,1,3-4H2. The topological polar surface area (TPSA) is 9.23 Å². The summed E-state index contributed by atoms with van der Waals surface area (Å²) in [6.07, 6.45) is -2.48. The average molecular weight is 636 g/mol. The molecule has 0 spiro atoms. The zero-order valence-corrected chi connectivity index (χ0v) is 22.4. The van der Waals surface area contributed by atoms with Crippen molar-refractivity contribution >= 4 is 0 Å². The van der Waals surface area contributed by atoms with E-state index in [4.69, 9.17) is 0 Å². The van der Waals surface area contributed by atoms with Crippen LogP contribution in [0, 0.1) is 76.0 Å². The van der Waals surface area contributed by atoms with Gasteiger partial charge in [0.05, 0.1) is 11.1 Å². The van der Waals surface area contributed by atoms with E-state index in [1.807, 2.05) is 11.8 Å². The van der Waals surface area contributed by atoms with Gasteiger partial charge in [-0.25, -0.2) is 39.5 Å². The minimum absolute atomic E-state index is 0.0292. The molecular weight excluding hydrogens is 621 g/mol. The van der Waals surface area contributed by atoms with E-state index in [1.54, 1.807) is 6.08 Å². The van der Waals surface area contributed by atoms with Crippen molar-refractivity contribution in [3.63, 3.8) is 0 Å². The molecule has 0 atom stereocenters. The number of rotatable bonds is 6. The monoisotopic (exact) mass is 636 g/mol. The Kier molecular flexibility index (Phi) is 9.57. The van der Waals surface area contributed by atoms with Crippen LogP contribution >= 0.6 is 0 Å². The fourth-order valence-corrected chi connectivity index (χ4v) is 3.91. The molecule has 0 fully saturated rings. The lowest BCUT2D eigenvalue weighted by Gasteiger charge is -2.19. The molecule has 0 aliphatic carbocycles. The van der Waals surface area contributed by atoms with E-state index >= 15 is 0 Å². The Bertz CT molecular complexity index is 1850. The van der Waals surface area contributed by atoms with Crippen molar-refractivity contribution in [1.82, 2.24) is 0 Å². The normalized spacial score (nSPS) is 10.9. The van der Waals surface area contributed by atoms with Gasteiger partial charge in [0.2, 0.25) is 0 Å². The molecule has 0 aliphatic heterocycles. The van der Waals surface area contributed by atoms with Crippen LogP contribution in [0.3, 0.4) is 0 Å². The van der Waals surface area contributed by atoms with Crippen molar-refractivity contribution in [3.05, 3.63) is 147 Å². The third-order valence-electron chi connectivity index (χ3n) is 5.98. The molecule has 0 saturated heterocycles. The van der Waals surface area contributed by atoms with Gasteiger partial charge < -0.3 is 4.74 Å². The van der Waals surface area contributed by atoms with Crippen LogP contribution in [0.5, 0.6) is 5.75 Å². The Balaban J connectivity index is 1.58. The van der Waals surface area contributed by atoms with Crippen LogP contribution < -0.4 is 4.74 Å². The summed E-state index contributed by atoms with van der Waals surface area (Å²) in [5.41, 5.74) is -4.20. The Morgan fingerprint density at radius 2 is 1.00 bits per heavy atom. The molecule has 4 rings (SSSR count). The highest BCUT2D eigenvalue weighted by molar-refractivity contribution is 5.50. The first-order chi connectivity index (χ1) is 21.2. The summed E-state index contributed by atoms with van der Waals surface area (Å²) in [6, 6.07) is 4.09.